The SMILES string of the molecule is CN(Cc1ccc(Cl)s1)C(=O)CO/N=C/c1cccs1. The van der Waals surface area contributed by atoms with Crippen LogP contribution >= 0.6 is 34.3 Å². The molecule has 2 rings (SSSR count). The Hall–Kier alpha value is -1.37. The van der Waals surface area contributed by atoms with Gasteiger partial charge in [-0.25, -0.2) is 0 Å². The van der Waals surface area contributed by atoms with Crippen molar-refractivity contribution in [3.05, 3.63) is 43.7 Å². The molecule has 0 radical (unpaired) electrons. The van der Waals surface area contributed by atoms with Gasteiger partial charge < -0.3 is 9.74 Å². The fraction of sp³-hybridized carbons (Fsp3) is 0.231. The Morgan fingerprint density at radius 3 is 3.00 bits per heavy atom. The third-order valence-corrected chi connectivity index (χ3v) is 4.46. The summed E-state index contributed by atoms with van der Waals surface area (Å²) in [6.07, 6.45) is 1.59. The zero-order chi connectivity index (χ0) is 14.4. The second-order valence-corrected chi connectivity index (χ2v) is 6.76. The van der Waals surface area contributed by atoms with Gasteiger partial charge in [-0.1, -0.05) is 22.8 Å². The molecule has 0 aliphatic carbocycles. The summed E-state index contributed by atoms with van der Waals surface area (Å²) in [4.78, 5) is 20.4. The Morgan fingerprint density at radius 1 is 1.50 bits per heavy atom. The van der Waals surface area contributed by atoms with Crippen molar-refractivity contribution in [2.75, 3.05) is 13.7 Å². The van der Waals surface area contributed by atoms with Crippen molar-refractivity contribution in [2.45, 2.75) is 6.54 Å². The van der Waals surface area contributed by atoms with Gasteiger partial charge in [0.2, 0.25) is 0 Å². The minimum atomic E-state index is -0.127. The molecule has 0 saturated heterocycles. The quantitative estimate of drug-likeness (QED) is 0.602. The summed E-state index contributed by atoms with van der Waals surface area (Å²) in [6, 6.07) is 7.58. The molecule has 2 aromatic heterocycles. The van der Waals surface area contributed by atoms with Gasteiger partial charge in [-0.3, -0.25) is 4.79 Å². The molecule has 0 spiro atoms. The molecule has 0 aliphatic heterocycles. The van der Waals surface area contributed by atoms with Crippen molar-refractivity contribution in [3.8, 4) is 0 Å². The maximum absolute atomic E-state index is 11.8. The van der Waals surface area contributed by atoms with Crippen molar-refractivity contribution < 1.29 is 9.63 Å². The molecule has 0 N–H and O–H groups in total. The summed E-state index contributed by atoms with van der Waals surface area (Å²) < 4.78 is 0.720. The first-order valence-corrected chi connectivity index (χ1v) is 7.89. The molecule has 0 saturated carbocycles. The smallest absolute Gasteiger partial charge is 0.263 e. The third kappa shape index (κ3) is 4.63. The summed E-state index contributed by atoms with van der Waals surface area (Å²) >= 11 is 8.87. The molecule has 106 valence electrons. The van der Waals surface area contributed by atoms with Gasteiger partial charge in [0, 0.05) is 16.8 Å². The molecule has 7 heteroatoms. The van der Waals surface area contributed by atoms with Gasteiger partial charge in [-0.2, -0.15) is 0 Å². The Balaban J connectivity index is 1.74. The average Bonchev–Trinajstić information content (AvgIpc) is 3.06. The van der Waals surface area contributed by atoms with E-state index in [9.17, 15) is 4.79 Å². The Kier molecular flexibility index (Phi) is 5.58. The fourth-order valence-electron chi connectivity index (χ4n) is 1.42. The van der Waals surface area contributed by atoms with E-state index in [-0.39, 0.29) is 12.5 Å². The van der Waals surface area contributed by atoms with Crippen molar-refractivity contribution >= 4 is 46.4 Å². The zero-order valence-electron chi connectivity index (χ0n) is 10.8. The first-order chi connectivity index (χ1) is 9.65. The van der Waals surface area contributed by atoms with E-state index in [0.717, 1.165) is 14.1 Å². The minimum Gasteiger partial charge on any atom is -0.386 e. The molecule has 0 aromatic carbocycles. The molecule has 0 bridgehead atoms. The van der Waals surface area contributed by atoms with Crippen molar-refractivity contribution in [2.24, 2.45) is 5.16 Å². The van der Waals surface area contributed by atoms with Crippen LogP contribution in [0.2, 0.25) is 4.34 Å². The van der Waals surface area contributed by atoms with Gasteiger partial charge in [0.05, 0.1) is 17.1 Å². The highest BCUT2D eigenvalue weighted by molar-refractivity contribution is 7.16. The largest absolute Gasteiger partial charge is 0.386 e. The minimum absolute atomic E-state index is 0.0719. The summed E-state index contributed by atoms with van der Waals surface area (Å²) in [5, 5.41) is 5.72. The average molecular weight is 329 g/mol. The Morgan fingerprint density at radius 2 is 2.35 bits per heavy atom. The second kappa shape index (κ2) is 7.42. The normalized spacial score (nSPS) is 10.9. The summed E-state index contributed by atoms with van der Waals surface area (Å²) in [7, 11) is 1.72. The number of carbonyl (C=O) groups excluding carboxylic acids is 1. The lowest BCUT2D eigenvalue weighted by Crippen LogP contribution is -2.29. The molecular formula is C13H13ClN2O2S2. The fourth-order valence-corrected chi connectivity index (χ4v) is 3.13. The molecule has 2 heterocycles. The number of amides is 1. The van der Waals surface area contributed by atoms with Crippen molar-refractivity contribution in [1.29, 1.82) is 0 Å². The Bertz CT molecular complexity index is 581. The Labute approximate surface area is 130 Å². The number of rotatable bonds is 6. The lowest BCUT2D eigenvalue weighted by molar-refractivity contribution is -0.135. The van der Waals surface area contributed by atoms with E-state index in [2.05, 4.69) is 5.16 Å². The molecule has 2 aromatic rings. The highest BCUT2D eigenvalue weighted by Gasteiger charge is 2.10. The number of hydrogen-bond donors (Lipinski definition) is 0. The third-order valence-electron chi connectivity index (χ3n) is 2.43. The number of carbonyl (C=O) groups is 1. The van der Waals surface area contributed by atoms with Crippen LogP contribution in [0.1, 0.15) is 9.75 Å². The van der Waals surface area contributed by atoms with Crippen LogP contribution in [-0.4, -0.2) is 30.7 Å². The van der Waals surface area contributed by atoms with Gasteiger partial charge in [-0.05, 0) is 23.6 Å². The van der Waals surface area contributed by atoms with Crippen LogP contribution < -0.4 is 0 Å². The maximum atomic E-state index is 11.8. The molecule has 0 atom stereocenters. The second-order valence-electron chi connectivity index (χ2n) is 3.98. The highest BCUT2D eigenvalue weighted by atomic mass is 35.5. The zero-order valence-corrected chi connectivity index (χ0v) is 13.2. The number of nitrogens with zero attached hydrogens (tertiary/aromatic N) is 2. The predicted molar refractivity (Wildman–Crippen MR) is 83.7 cm³/mol. The number of likely N-dealkylation sites (N-methyl/N-ethyl adjacent to an activating group) is 1. The van der Waals surface area contributed by atoms with Gasteiger partial charge in [0.15, 0.2) is 6.61 Å². The molecule has 1 amide bonds. The van der Waals surface area contributed by atoms with Crippen LogP contribution in [0.4, 0.5) is 0 Å². The number of oxime groups is 1. The number of thiophene rings is 2. The van der Waals surface area contributed by atoms with E-state index >= 15 is 0 Å². The highest BCUT2D eigenvalue weighted by Crippen LogP contribution is 2.22. The number of halogens is 1. The van der Waals surface area contributed by atoms with E-state index in [0.29, 0.717) is 6.54 Å². The first-order valence-electron chi connectivity index (χ1n) is 5.82. The number of hydrogen-bond acceptors (Lipinski definition) is 5. The van der Waals surface area contributed by atoms with Crippen molar-refractivity contribution in [1.82, 2.24) is 4.90 Å². The first kappa shape index (κ1) is 15.0. The van der Waals surface area contributed by atoms with E-state index in [4.69, 9.17) is 16.4 Å². The summed E-state index contributed by atoms with van der Waals surface area (Å²) in [5.74, 6) is -0.127. The van der Waals surface area contributed by atoms with Gasteiger partial charge in [-0.15, -0.1) is 22.7 Å². The molecule has 0 fully saturated rings. The monoisotopic (exact) mass is 328 g/mol. The van der Waals surface area contributed by atoms with Crippen LogP contribution in [0.15, 0.2) is 34.8 Å². The molecule has 0 aliphatic rings. The maximum Gasteiger partial charge on any atom is 0.263 e. The standard InChI is InChI=1S/C13H13ClN2O2S2/c1-16(8-11-4-5-12(14)20-11)13(17)9-18-15-7-10-3-2-6-19-10/h2-7H,8-9H2,1H3/b15-7+. The topological polar surface area (TPSA) is 41.9 Å². The molecule has 0 unspecified atom stereocenters. The van der Waals surface area contributed by atoms with Crippen LogP contribution in [0.3, 0.4) is 0 Å². The van der Waals surface area contributed by atoms with E-state index < -0.39 is 0 Å². The predicted octanol–water partition coefficient (Wildman–Crippen LogP) is 3.47. The molecule has 20 heavy (non-hydrogen) atoms. The van der Waals surface area contributed by atoms with Crippen LogP contribution in [0.25, 0.3) is 0 Å². The van der Waals surface area contributed by atoms with E-state index in [1.54, 1.807) is 29.5 Å². The van der Waals surface area contributed by atoms with Gasteiger partial charge in [0.25, 0.3) is 5.91 Å². The van der Waals surface area contributed by atoms with Crippen LogP contribution in [0, 0.1) is 0 Å². The van der Waals surface area contributed by atoms with Gasteiger partial charge >= 0.3 is 0 Å². The van der Waals surface area contributed by atoms with E-state index in [1.807, 2.05) is 29.6 Å². The van der Waals surface area contributed by atoms with E-state index in [1.165, 1.54) is 11.3 Å². The van der Waals surface area contributed by atoms with Crippen LogP contribution in [0.5, 0.6) is 0 Å². The van der Waals surface area contributed by atoms with Crippen molar-refractivity contribution in [3.63, 3.8) is 0 Å². The molecule has 4 nitrogen and oxygen atoms in total. The van der Waals surface area contributed by atoms with Gasteiger partial charge in [0.1, 0.15) is 0 Å². The molecular weight excluding hydrogens is 316 g/mol. The van der Waals surface area contributed by atoms with Crippen LogP contribution in [-0.2, 0) is 16.2 Å². The lowest BCUT2D eigenvalue weighted by Gasteiger charge is -2.14. The summed E-state index contributed by atoms with van der Waals surface area (Å²) in [6.45, 7) is 0.450. The lowest BCUT2D eigenvalue weighted by atomic mass is 10.4. The summed E-state index contributed by atoms with van der Waals surface area (Å²) in [5.41, 5.74) is 0.